The molecule has 0 aliphatic carbocycles. The number of guanidine groups is 1. The number of aliphatic imine (C=N–C) groups is 1. The van der Waals surface area contributed by atoms with Crippen molar-refractivity contribution in [3.63, 3.8) is 0 Å². The molecule has 0 atom stereocenters. The molecular weight excluding hydrogens is 238 g/mol. The Bertz CT molecular complexity index is 418. The van der Waals surface area contributed by atoms with E-state index in [1.54, 1.807) is 0 Å². The number of nitrogens with zero attached hydrogens (tertiary/aromatic N) is 2. The Balaban J connectivity index is 2.01. The number of nitrogens with two attached hydrogens (primary N) is 1. The maximum atomic E-state index is 5.45. The number of hydrazine groups is 1. The molecule has 0 bridgehead atoms. The highest BCUT2D eigenvalue weighted by Crippen LogP contribution is 2.21. The van der Waals surface area contributed by atoms with Crippen molar-refractivity contribution >= 4 is 17.3 Å². The van der Waals surface area contributed by atoms with Crippen LogP contribution in [0, 0.1) is 0 Å². The lowest BCUT2D eigenvalue weighted by molar-refractivity contribution is 0.819. The minimum Gasteiger partial charge on any atom is -0.372 e. The third-order valence-electron chi connectivity index (χ3n) is 3.13. The van der Waals surface area contributed by atoms with Crippen molar-refractivity contribution in [2.75, 3.05) is 23.3 Å². The predicted octanol–water partition coefficient (Wildman–Crippen LogP) is 1.93. The van der Waals surface area contributed by atoms with Crippen LogP contribution in [-0.4, -0.2) is 25.1 Å². The Labute approximate surface area is 114 Å². The molecule has 5 nitrogen and oxygen atoms in total. The number of hydrogen-bond donors (Lipinski definition) is 3. The molecule has 0 spiro atoms. The Hall–Kier alpha value is -1.75. The maximum Gasteiger partial charge on any atom is 0.210 e. The number of anilines is 2. The summed E-state index contributed by atoms with van der Waals surface area (Å²) < 4.78 is 0. The topological polar surface area (TPSA) is 65.7 Å². The van der Waals surface area contributed by atoms with Gasteiger partial charge in [0.25, 0.3) is 0 Å². The summed E-state index contributed by atoms with van der Waals surface area (Å²) in [6.45, 7) is 6.35. The third-order valence-corrected chi connectivity index (χ3v) is 3.13. The Kier molecular flexibility index (Phi) is 4.63. The van der Waals surface area contributed by atoms with E-state index >= 15 is 0 Å². The van der Waals surface area contributed by atoms with E-state index in [0.717, 1.165) is 18.8 Å². The predicted molar refractivity (Wildman–Crippen MR) is 81.4 cm³/mol. The van der Waals surface area contributed by atoms with E-state index in [4.69, 9.17) is 5.84 Å². The van der Waals surface area contributed by atoms with Crippen LogP contribution in [0.25, 0.3) is 0 Å². The summed E-state index contributed by atoms with van der Waals surface area (Å²) in [4.78, 5) is 6.76. The standard InChI is InChI=1S/C14H23N5/c1-11(2)16-14(18-15)17-12-5-7-13(8-6-12)19-9-3-4-10-19/h5-8,11H,3-4,9-10,15H2,1-2H3,(H2,16,17,18). The molecule has 0 amide bonds. The van der Waals surface area contributed by atoms with Crippen LogP contribution in [-0.2, 0) is 0 Å². The first-order valence-electron chi connectivity index (χ1n) is 6.85. The molecule has 1 aliphatic heterocycles. The van der Waals surface area contributed by atoms with E-state index in [2.05, 4.69) is 44.9 Å². The van der Waals surface area contributed by atoms with Crippen molar-refractivity contribution in [1.29, 1.82) is 0 Å². The molecule has 0 aromatic heterocycles. The Morgan fingerprint density at radius 3 is 2.37 bits per heavy atom. The van der Waals surface area contributed by atoms with Gasteiger partial charge in [-0.25, -0.2) is 10.8 Å². The summed E-state index contributed by atoms with van der Waals surface area (Å²) in [5.74, 6) is 6.03. The molecule has 104 valence electrons. The third kappa shape index (κ3) is 3.86. The van der Waals surface area contributed by atoms with Gasteiger partial charge in [-0.3, -0.25) is 5.43 Å². The highest BCUT2D eigenvalue weighted by atomic mass is 15.3. The van der Waals surface area contributed by atoms with Gasteiger partial charge in [0, 0.05) is 30.5 Å². The van der Waals surface area contributed by atoms with Gasteiger partial charge in [-0.1, -0.05) is 0 Å². The average Bonchev–Trinajstić information content (AvgIpc) is 2.92. The molecule has 5 heteroatoms. The second-order valence-corrected chi connectivity index (χ2v) is 5.08. The molecular formula is C14H23N5. The first kappa shape index (κ1) is 13.7. The zero-order valence-electron chi connectivity index (χ0n) is 11.7. The van der Waals surface area contributed by atoms with Gasteiger partial charge in [-0.15, -0.1) is 0 Å². The van der Waals surface area contributed by atoms with Crippen molar-refractivity contribution in [2.24, 2.45) is 10.8 Å². The smallest absolute Gasteiger partial charge is 0.210 e. The highest BCUT2D eigenvalue weighted by molar-refractivity contribution is 5.93. The van der Waals surface area contributed by atoms with Crippen molar-refractivity contribution < 1.29 is 0 Å². The van der Waals surface area contributed by atoms with Crippen LogP contribution in [0.2, 0.25) is 0 Å². The van der Waals surface area contributed by atoms with Crippen LogP contribution < -0.4 is 21.5 Å². The van der Waals surface area contributed by atoms with Gasteiger partial charge >= 0.3 is 0 Å². The van der Waals surface area contributed by atoms with Gasteiger partial charge in [-0.05, 0) is 51.0 Å². The lowest BCUT2D eigenvalue weighted by Crippen LogP contribution is -2.36. The summed E-state index contributed by atoms with van der Waals surface area (Å²) in [5, 5.41) is 3.17. The minimum atomic E-state index is 0.197. The lowest BCUT2D eigenvalue weighted by Gasteiger charge is -2.18. The number of nitrogens with one attached hydrogen (secondary N) is 2. The second-order valence-electron chi connectivity index (χ2n) is 5.08. The molecule has 1 saturated heterocycles. The van der Waals surface area contributed by atoms with Crippen molar-refractivity contribution in [1.82, 2.24) is 5.43 Å². The first-order valence-corrected chi connectivity index (χ1v) is 6.85. The minimum absolute atomic E-state index is 0.197. The molecule has 0 unspecified atom stereocenters. The van der Waals surface area contributed by atoms with Crippen LogP contribution in [0.5, 0.6) is 0 Å². The zero-order valence-corrected chi connectivity index (χ0v) is 11.7. The van der Waals surface area contributed by atoms with Gasteiger partial charge in [0.1, 0.15) is 0 Å². The van der Waals surface area contributed by atoms with Gasteiger partial charge in [0.05, 0.1) is 0 Å². The van der Waals surface area contributed by atoms with Crippen LogP contribution >= 0.6 is 0 Å². The van der Waals surface area contributed by atoms with Crippen molar-refractivity contribution in [3.05, 3.63) is 24.3 Å². The summed E-state index contributed by atoms with van der Waals surface area (Å²) in [7, 11) is 0. The van der Waals surface area contributed by atoms with Gasteiger partial charge in [-0.2, -0.15) is 0 Å². The van der Waals surface area contributed by atoms with E-state index in [1.807, 2.05) is 13.8 Å². The van der Waals surface area contributed by atoms with Gasteiger partial charge in [0.15, 0.2) is 0 Å². The Morgan fingerprint density at radius 1 is 1.21 bits per heavy atom. The molecule has 1 aromatic carbocycles. The molecule has 0 saturated carbocycles. The van der Waals surface area contributed by atoms with Crippen LogP contribution in [0.15, 0.2) is 29.3 Å². The van der Waals surface area contributed by atoms with E-state index in [0.29, 0.717) is 5.96 Å². The normalized spacial score (nSPS) is 16.0. The number of rotatable bonds is 3. The summed E-state index contributed by atoms with van der Waals surface area (Å²) in [6, 6.07) is 8.58. The fourth-order valence-corrected chi connectivity index (χ4v) is 2.23. The molecule has 1 heterocycles. The second kappa shape index (κ2) is 6.43. The average molecular weight is 261 g/mol. The van der Waals surface area contributed by atoms with E-state index in [1.165, 1.54) is 18.5 Å². The van der Waals surface area contributed by atoms with Crippen LogP contribution in [0.1, 0.15) is 26.7 Å². The molecule has 1 fully saturated rings. The van der Waals surface area contributed by atoms with Crippen molar-refractivity contribution in [2.45, 2.75) is 32.7 Å². The molecule has 2 rings (SSSR count). The van der Waals surface area contributed by atoms with E-state index in [9.17, 15) is 0 Å². The quantitative estimate of drug-likeness (QED) is 0.337. The van der Waals surface area contributed by atoms with Crippen LogP contribution in [0.3, 0.4) is 0 Å². The van der Waals surface area contributed by atoms with Gasteiger partial charge in [0.2, 0.25) is 5.96 Å². The largest absolute Gasteiger partial charge is 0.372 e. The van der Waals surface area contributed by atoms with E-state index < -0.39 is 0 Å². The molecule has 1 aromatic rings. The van der Waals surface area contributed by atoms with E-state index in [-0.39, 0.29) is 6.04 Å². The number of benzene rings is 1. The first-order chi connectivity index (χ1) is 9.19. The molecule has 19 heavy (non-hydrogen) atoms. The molecule has 4 N–H and O–H groups in total. The maximum absolute atomic E-state index is 5.45. The Morgan fingerprint density at radius 2 is 1.84 bits per heavy atom. The van der Waals surface area contributed by atoms with Gasteiger partial charge < -0.3 is 10.2 Å². The molecule has 1 aliphatic rings. The summed E-state index contributed by atoms with van der Waals surface area (Å²) >= 11 is 0. The summed E-state index contributed by atoms with van der Waals surface area (Å²) in [6.07, 6.45) is 2.59. The lowest BCUT2D eigenvalue weighted by atomic mass is 10.2. The summed E-state index contributed by atoms with van der Waals surface area (Å²) in [5.41, 5.74) is 4.85. The van der Waals surface area contributed by atoms with Crippen LogP contribution in [0.4, 0.5) is 11.4 Å². The fourth-order valence-electron chi connectivity index (χ4n) is 2.23. The molecule has 0 radical (unpaired) electrons. The highest BCUT2D eigenvalue weighted by Gasteiger charge is 2.11. The zero-order chi connectivity index (χ0) is 13.7. The SMILES string of the molecule is CC(C)N=C(NN)Nc1ccc(N2CCCC2)cc1. The monoisotopic (exact) mass is 261 g/mol. The fraction of sp³-hybridized carbons (Fsp3) is 0.500. The van der Waals surface area contributed by atoms with Crippen molar-refractivity contribution in [3.8, 4) is 0 Å². The number of hydrogen-bond acceptors (Lipinski definition) is 3.